The summed E-state index contributed by atoms with van der Waals surface area (Å²) in [6.45, 7) is 2.73. The molecular formula is C23H25N5O4S. The Labute approximate surface area is 191 Å². The molecule has 0 amide bonds. The number of nitrogen functional groups attached to an aromatic ring is 1. The maximum Gasteiger partial charge on any atom is 0.344 e. The van der Waals surface area contributed by atoms with E-state index in [1.54, 1.807) is 16.7 Å². The van der Waals surface area contributed by atoms with E-state index in [0.717, 1.165) is 18.4 Å². The molecule has 0 unspecified atom stereocenters. The maximum atomic E-state index is 12.9. The van der Waals surface area contributed by atoms with Crippen molar-refractivity contribution < 1.29 is 17.9 Å². The van der Waals surface area contributed by atoms with E-state index in [2.05, 4.69) is 4.98 Å². The van der Waals surface area contributed by atoms with Gasteiger partial charge in [-0.3, -0.25) is 0 Å². The van der Waals surface area contributed by atoms with Gasteiger partial charge in [-0.05, 0) is 42.7 Å². The molecule has 2 heterocycles. The Morgan fingerprint density at radius 3 is 2.36 bits per heavy atom. The topological polar surface area (TPSA) is 143 Å². The Hall–Kier alpha value is -3.50. The Balaban J connectivity index is 1.72. The lowest BCUT2D eigenvalue weighted by atomic mass is 10.1. The summed E-state index contributed by atoms with van der Waals surface area (Å²) in [6, 6.07) is 13.7. The van der Waals surface area contributed by atoms with Crippen molar-refractivity contribution in [2.24, 2.45) is 5.14 Å². The molecule has 4 rings (SSSR count). The Morgan fingerprint density at radius 1 is 1.06 bits per heavy atom. The lowest BCUT2D eigenvalue weighted by Crippen LogP contribution is -2.12. The first kappa shape index (κ1) is 22.7. The first-order valence-electron chi connectivity index (χ1n) is 10.6. The van der Waals surface area contributed by atoms with Gasteiger partial charge in [0.1, 0.15) is 16.9 Å². The second-order valence-corrected chi connectivity index (χ2v) is 9.29. The highest BCUT2D eigenvalue weighted by Gasteiger charge is 2.25. The monoisotopic (exact) mass is 467 g/mol. The van der Waals surface area contributed by atoms with Gasteiger partial charge in [0, 0.05) is 6.54 Å². The summed E-state index contributed by atoms with van der Waals surface area (Å²) >= 11 is 0. The van der Waals surface area contributed by atoms with Crippen molar-refractivity contribution in [3.05, 3.63) is 59.7 Å². The molecule has 0 saturated heterocycles. The van der Waals surface area contributed by atoms with Gasteiger partial charge >= 0.3 is 5.97 Å². The molecular weight excluding hydrogens is 442 g/mol. The third kappa shape index (κ3) is 4.67. The number of para-hydroxylation sites is 2. The van der Waals surface area contributed by atoms with Gasteiger partial charge in [0.05, 0.1) is 22.5 Å². The number of anilines is 1. The average molecular weight is 468 g/mol. The van der Waals surface area contributed by atoms with Crippen LogP contribution in [0.4, 0.5) is 5.82 Å². The number of carbonyl (C=O) groups excluding carboxylic acids is 1. The van der Waals surface area contributed by atoms with E-state index < -0.39 is 16.0 Å². The van der Waals surface area contributed by atoms with E-state index in [9.17, 15) is 13.2 Å². The highest BCUT2D eigenvalue weighted by Crippen LogP contribution is 2.29. The van der Waals surface area contributed by atoms with E-state index in [0.29, 0.717) is 41.8 Å². The summed E-state index contributed by atoms with van der Waals surface area (Å²) in [7, 11) is -3.75. The van der Waals surface area contributed by atoms with Gasteiger partial charge in [-0.25, -0.2) is 28.3 Å². The predicted molar refractivity (Wildman–Crippen MR) is 126 cm³/mol. The van der Waals surface area contributed by atoms with E-state index in [-0.39, 0.29) is 16.3 Å². The summed E-state index contributed by atoms with van der Waals surface area (Å²) in [4.78, 5) is 22.3. The number of benzene rings is 2. The number of rotatable bonds is 8. The minimum atomic E-state index is -3.75. The molecule has 0 radical (unpaired) electrons. The smallest absolute Gasteiger partial charge is 0.344 e. The number of ether oxygens (including phenoxy) is 1. The third-order valence-corrected chi connectivity index (χ3v) is 6.33. The van der Waals surface area contributed by atoms with Gasteiger partial charge in [-0.15, -0.1) is 0 Å². The van der Waals surface area contributed by atoms with Crippen LogP contribution in [0, 0.1) is 0 Å². The zero-order chi connectivity index (χ0) is 23.6. The highest BCUT2D eigenvalue weighted by atomic mass is 32.2. The summed E-state index contributed by atoms with van der Waals surface area (Å²) in [5.41, 5.74) is 9.75. The van der Waals surface area contributed by atoms with Gasteiger partial charge < -0.3 is 15.0 Å². The fraction of sp³-hybridized carbons (Fsp3) is 0.261. The number of aryl methyl sites for hydroxylation is 2. The van der Waals surface area contributed by atoms with Crippen molar-refractivity contribution in [3.63, 3.8) is 0 Å². The van der Waals surface area contributed by atoms with E-state index in [1.807, 2.05) is 31.2 Å². The quantitative estimate of drug-likeness (QED) is 0.299. The number of fused-ring (bicyclic) bond motifs is 2. The minimum absolute atomic E-state index is 0.0478. The number of aromatic nitrogens is 3. The summed E-state index contributed by atoms with van der Waals surface area (Å²) < 4.78 is 30.1. The van der Waals surface area contributed by atoms with Gasteiger partial charge in [-0.1, -0.05) is 37.6 Å². The molecule has 0 spiro atoms. The standard InChI is InChI=1S/C23H25N5O4S/c1-2-3-14-32-23(29)19-20-22(27-18-7-5-4-6-17(18)26-20)28(21(19)24)13-12-15-8-10-16(11-9-15)33(25,30)31/h4-11H,2-3,12-14,24H2,1H3,(H2,25,30,31). The highest BCUT2D eigenvalue weighted by molar-refractivity contribution is 7.89. The predicted octanol–water partition coefficient (Wildman–Crippen LogP) is 3.01. The number of esters is 1. The molecule has 0 fully saturated rings. The molecule has 0 saturated carbocycles. The number of sulfonamides is 1. The SMILES string of the molecule is CCCCOC(=O)c1c(N)n(CCc2ccc(S(N)(=O)=O)cc2)c2nc3ccccc3nc12. The second-order valence-electron chi connectivity index (χ2n) is 7.72. The van der Waals surface area contributed by atoms with Gasteiger partial charge in [0.15, 0.2) is 5.65 Å². The Morgan fingerprint density at radius 2 is 1.73 bits per heavy atom. The third-order valence-electron chi connectivity index (χ3n) is 5.40. The number of hydrogen-bond donors (Lipinski definition) is 2. The maximum absolute atomic E-state index is 12.9. The van der Waals surface area contributed by atoms with Gasteiger partial charge in [-0.2, -0.15) is 0 Å². The van der Waals surface area contributed by atoms with Crippen LogP contribution in [0.15, 0.2) is 53.4 Å². The average Bonchev–Trinajstić information content (AvgIpc) is 3.06. The van der Waals surface area contributed by atoms with Crippen molar-refractivity contribution in [1.82, 2.24) is 14.5 Å². The molecule has 0 aliphatic heterocycles. The van der Waals surface area contributed by atoms with Crippen molar-refractivity contribution in [2.75, 3.05) is 12.3 Å². The van der Waals surface area contributed by atoms with Gasteiger partial charge in [0.25, 0.3) is 0 Å². The molecule has 0 aliphatic rings. The number of unbranched alkanes of at least 4 members (excludes halogenated alkanes) is 1. The Kier molecular flexibility index (Phi) is 6.30. The lowest BCUT2D eigenvalue weighted by Gasteiger charge is -2.09. The van der Waals surface area contributed by atoms with E-state index in [4.69, 9.17) is 20.6 Å². The normalized spacial score (nSPS) is 11.8. The van der Waals surface area contributed by atoms with Crippen LogP contribution in [0.1, 0.15) is 35.7 Å². The van der Waals surface area contributed by atoms with Crippen LogP contribution in [0.5, 0.6) is 0 Å². The van der Waals surface area contributed by atoms with Crippen LogP contribution in [0.3, 0.4) is 0 Å². The van der Waals surface area contributed by atoms with Crippen molar-refractivity contribution in [1.29, 1.82) is 0 Å². The van der Waals surface area contributed by atoms with Gasteiger partial charge in [0.2, 0.25) is 10.0 Å². The fourth-order valence-electron chi connectivity index (χ4n) is 3.61. The molecule has 4 aromatic rings. The molecule has 2 aromatic carbocycles. The zero-order valence-corrected chi connectivity index (χ0v) is 19.0. The van der Waals surface area contributed by atoms with E-state index >= 15 is 0 Å². The molecule has 33 heavy (non-hydrogen) atoms. The zero-order valence-electron chi connectivity index (χ0n) is 18.2. The fourth-order valence-corrected chi connectivity index (χ4v) is 4.13. The number of nitrogens with two attached hydrogens (primary N) is 2. The molecule has 0 aliphatic carbocycles. The largest absolute Gasteiger partial charge is 0.462 e. The van der Waals surface area contributed by atoms with Crippen LogP contribution in [-0.4, -0.2) is 35.5 Å². The van der Waals surface area contributed by atoms with Crippen LogP contribution in [0.25, 0.3) is 22.2 Å². The molecule has 2 aromatic heterocycles. The van der Waals surface area contributed by atoms with Crippen LogP contribution in [-0.2, 0) is 27.7 Å². The molecule has 9 nitrogen and oxygen atoms in total. The minimum Gasteiger partial charge on any atom is -0.462 e. The molecule has 172 valence electrons. The summed E-state index contributed by atoms with van der Waals surface area (Å²) in [5, 5.41) is 5.17. The lowest BCUT2D eigenvalue weighted by molar-refractivity contribution is 0.0503. The van der Waals surface area contributed by atoms with Crippen LogP contribution in [0.2, 0.25) is 0 Å². The number of nitrogens with zero attached hydrogens (tertiary/aromatic N) is 3. The Bertz CT molecular complexity index is 1430. The van der Waals surface area contributed by atoms with Crippen molar-refractivity contribution in [3.8, 4) is 0 Å². The van der Waals surface area contributed by atoms with Crippen molar-refractivity contribution in [2.45, 2.75) is 37.6 Å². The second kappa shape index (κ2) is 9.16. The summed E-state index contributed by atoms with van der Waals surface area (Å²) in [6.07, 6.45) is 2.18. The van der Waals surface area contributed by atoms with Crippen LogP contribution >= 0.6 is 0 Å². The molecule has 10 heteroatoms. The first-order valence-corrected chi connectivity index (χ1v) is 12.2. The van der Waals surface area contributed by atoms with E-state index in [1.165, 1.54) is 12.1 Å². The first-order chi connectivity index (χ1) is 15.8. The molecule has 0 bridgehead atoms. The van der Waals surface area contributed by atoms with Crippen LogP contribution < -0.4 is 10.9 Å². The van der Waals surface area contributed by atoms with Crippen molar-refractivity contribution >= 4 is 44.0 Å². The number of primary sulfonamides is 1. The molecule has 4 N–H and O–H groups in total. The summed E-state index contributed by atoms with van der Waals surface area (Å²) in [5.74, 6) is -0.283. The molecule has 0 atom stereocenters. The number of carbonyl (C=O) groups is 1. The number of hydrogen-bond acceptors (Lipinski definition) is 7.